The molecule has 5 heteroatoms. The zero-order valence-corrected chi connectivity index (χ0v) is 12.2. The lowest BCUT2D eigenvalue weighted by Crippen LogP contribution is -2.01. The van der Waals surface area contributed by atoms with Gasteiger partial charge in [-0.2, -0.15) is 0 Å². The summed E-state index contributed by atoms with van der Waals surface area (Å²) in [4.78, 5) is 15.5. The third-order valence-corrected chi connectivity index (χ3v) is 3.61. The Labute approximate surface area is 126 Å². The maximum Gasteiger partial charge on any atom is 0.152 e. The second kappa shape index (κ2) is 5.58. The lowest BCUT2D eigenvalue weighted by Gasteiger charge is -2.10. The van der Waals surface area contributed by atoms with Gasteiger partial charge in [-0.1, -0.05) is 11.6 Å². The fourth-order valence-corrected chi connectivity index (χ4v) is 2.61. The number of aromatic nitrogens is 2. The van der Waals surface area contributed by atoms with Crippen LogP contribution < -0.4 is 4.74 Å². The molecule has 2 heterocycles. The van der Waals surface area contributed by atoms with E-state index in [2.05, 4.69) is 4.98 Å². The van der Waals surface area contributed by atoms with Gasteiger partial charge in [-0.15, -0.1) is 0 Å². The monoisotopic (exact) mass is 300 g/mol. The zero-order chi connectivity index (χ0) is 14.8. The number of methoxy groups -OCH3 is 1. The first-order chi connectivity index (χ1) is 10.2. The smallest absolute Gasteiger partial charge is 0.152 e. The van der Waals surface area contributed by atoms with E-state index in [4.69, 9.17) is 16.3 Å². The fraction of sp³-hybridized carbons (Fsp3) is 0.125. The Kier molecular flexibility index (Phi) is 3.62. The van der Waals surface area contributed by atoms with Crippen molar-refractivity contribution in [3.8, 4) is 5.75 Å². The summed E-state index contributed by atoms with van der Waals surface area (Å²) in [6.07, 6.45) is 4.35. The molecule has 0 saturated carbocycles. The van der Waals surface area contributed by atoms with E-state index < -0.39 is 0 Å². The first-order valence-electron chi connectivity index (χ1n) is 6.44. The van der Waals surface area contributed by atoms with Gasteiger partial charge in [-0.3, -0.25) is 4.79 Å². The molecule has 0 fully saturated rings. The highest BCUT2D eigenvalue weighted by Crippen LogP contribution is 2.26. The number of pyridine rings is 1. The third kappa shape index (κ3) is 2.50. The van der Waals surface area contributed by atoms with Crippen LogP contribution in [0.4, 0.5) is 0 Å². The highest BCUT2D eigenvalue weighted by molar-refractivity contribution is 6.30. The molecule has 0 aliphatic heterocycles. The molecule has 0 radical (unpaired) electrons. The maximum atomic E-state index is 11.2. The van der Waals surface area contributed by atoms with Crippen molar-refractivity contribution in [2.24, 2.45) is 0 Å². The molecule has 106 valence electrons. The molecule has 0 saturated heterocycles. The van der Waals surface area contributed by atoms with Crippen molar-refractivity contribution in [3.05, 3.63) is 58.9 Å². The Hall–Kier alpha value is -2.33. The second-order valence-electron chi connectivity index (χ2n) is 4.66. The van der Waals surface area contributed by atoms with Crippen LogP contribution in [0, 0.1) is 0 Å². The molecule has 0 amide bonds. The summed E-state index contributed by atoms with van der Waals surface area (Å²) in [6.45, 7) is 0.533. The first-order valence-corrected chi connectivity index (χ1v) is 6.82. The van der Waals surface area contributed by atoms with E-state index in [1.807, 2.05) is 28.8 Å². The van der Waals surface area contributed by atoms with Crippen LogP contribution in [0.2, 0.25) is 5.02 Å². The highest BCUT2D eigenvalue weighted by atomic mass is 35.5. The number of hydrogen-bond acceptors (Lipinski definition) is 3. The molecule has 3 rings (SSSR count). The number of halogens is 1. The molecule has 0 bridgehead atoms. The molecular weight excluding hydrogens is 288 g/mol. The number of rotatable bonds is 4. The average molecular weight is 301 g/mol. The Morgan fingerprint density at radius 1 is 1.38 bits per heavy atom. The van der Waals surface area contributed by atoms with E-state index in [1.165, 1.54) is 0 Å². The number of carbonyl (C=O) groups excluding carboxylic acids is 1. The normalized spacial score (nSPS) is 10.8. The number of benzene rings is 1. The highest BCUT2D eigenvalue weighted by Gasteiger charge is 2.11. The first kappa shape index (κ1) is 13.6. The minimum atomic E-state index is 0.533. The van der Waals surface area contributed by atoms with E-state index in [-0.39, 0.29) is 0 Å². The summed E-state index contributed by atoms with van der Waals surface area (Å²) in [7, 11) is 1.62. The van der Waals surface area contributed by atoms with Crippen LogP contribution in [0.15, 0.2) is 42.7 Å². The van der Waals surface area contributed by atoms with Gasteiger partial charge in [-0.05, 0) is 30.3 Å². The van der Waals surface area contributed by atoms with Crippen LogP contribution in [-0.2, 0) is 6.54 Å². The number of ether oxygens (including phenoxy) is 1. The van der Waals surface area contributed by atoms with Gasteiger partial charge in [-0.25, -0.2) is 4.98 Å². The van der Waals surface area contributed by atoms with Crippen molar-refractivity contribution in [2.45, 2.75) is 6.54 Å². The number of hydrogen-bond donors (Lipinski definition) is 0. The molecule has 4 nitrogen and oxygen atoms in total. The van der Waals surface area contributed by atoms with Crippen LogP contribution in [0.25, 0.3) is 11.0 Å². The van der Waals surface area contributed by atoms with Crippen LogP contribution in [0.3, 0.4) is 0 Å². The van der Waals surface area contributed by atoms with Gasteiger partial charge in [0.2, 0.25) is 0 Å². The van der Waals surface area contributed by atoms with Crippen molar-refractivity contribution < 1.29 is 9.53 Å². The van der Waals surface area contributed by atoms with Gasteiger partial charge in [0, 0.05) is 33.9 Å². The van der Waals surface area contributed by atoms with Crippen molar-refractivity contribution in [1.82, 2.24) is 9.55 Å². The van der Waals surface area contributed by atoms with Gasteiger partial charge < -0.3 is 9.30 Å². The largest absolute Gasteiger partial charge is 0.496 e. The zero-order valence-electron chi connectivity index (χ0n) is 11.4. The van der Waals surface area contributed by atoms with Gasteiger partial charge in [0.1, 0.15) is 11.4 Å². The molecule has 2 aromatic heterocycles. The number of fused-ring (bicyclic) bond motifs is 1. The molecule has 21 heavy (non-hydrogen) atoms. The van der Waals surface area contributed by atoms with Crippen LogP contribution >= 0.6 is 11.6 Å². The van der Waals surface area contributed by atoms with Gasteiger partial charge in [0.05, 0.1) is 13.7 Å². The topological polar surface area (TPSA) is 44.1 Å². The van der Waals surface area contributed by atoms with Gasteiger partial charge >= 0.3 is 0 Å². The molecule has 1 aromatic carbocycles. The van der Waals surface area contributed by atoms with Gasteiger partial charge in [0.15, 0.2) is 6.29 Å². The standard InChI is InChI=1S/C16H13ClN2O2/c1-21-15-5-4-13(17)7-11(15)8-19-9-12(10-20)14-3-2-6-18-16(14)19/h2-7,9-10H,8H2,1H3. The molecule has 0 spiro atoms. The minimum Gasteiger partial charge on any atom is -0.496 e. The second-order valence-corrected chi connectivity index (χ2v) is 5.10. The SMILES string of the molecule is COc1ccc(Cl)cc1Cn1cc(C=O)c2cccnc21. The fourth-order valence-electron chi connectivity index (χ4n) is 2.42. The van der Waals surface area contributed by atoms with Crippen molar-refractivity contribution in [3.63, 3.8) is 0 Å². The quantitative estimate of drug-likeness (QED) is 0.692. The molecule has 0 N–H and O–H groups in total. The van der Waals surface area contributed by atoms with Crippen LogP contribution in [0.1, 0.15) is 15.9 Å². The van der Waals surface area contributed by atoms with Crippen molar-refractivity contribution in [1.29, 1.82) is 0 Å². The van der Waals surface area contributed by atoms with E-state index in [1.54, 1.807) is 25.6 Å². The summed E-state index contributed by atoms with van der Waals surface area (Å²) in [5.41, 5.74) is 2.32. The summed E-state index contributed by atoms with van der Waals surface area (Å²) < 4.78 is 7.28. The Balaban J connectivity index is 2.10. The third-order valence-electron chi connectivity index (χ3n) is 3.37. The minimum absolute atomic E-state index is 0.533. The molecule has 0 atom stereocenters. The lowest BCUT2D eigenvalue weighted by molar-refractivity contribution is 0.112. The number of nitrogens with zero attached hydrogens (tertiary/aromatic N) is 2. The van der Waals surface area contributed by atoms with Crippen molar-refractivity contribution >= 4 is 28.9 Å². The number of carbonyl (C=O) groups is 1. The molecule has 3 aromatic rings. The van der Waals surface area contributed by atoms with E-state index in [0.29, 0.717) is 17.1 Å². The lowest BCUT2D eigenvalue weighted by atomic mass is 10.2. The molecular formula is C16H13ClN2O2. The maximum absolute atomic E-state index is 11.2. The average Bonchev–Trinajstić information content (AvgIpc) is 2.86. The van der Waals surface area contributed by atoms with E-state index >= 15 is 0 Å². The number of aldehydes is 1. The summed E-state index contributed by atoms with van der Waals surface area (Å²) in [6, 6.07) is 9.18. The van der Waals surface area contributed by atoms with Crippen LogP contribution in [-0.4, -0.2) is 22.9 Å². The molecule has 0 aliphatic carbocycles. The van der Waals surface area contributed by atoms with E-state index in [0.717, 1.165) is 28.6 Å². The van der Waals surface area contributed by atoms with Crippen molar-refractivity contribution in [2.75, 3.05) is 7.11 Å². The summed E-state index contributed by atoms with van der Waals surface area (Å²) in [5, 5.41) is 1.49. The Morgan fingerprint density at radius 3 is 3.00 bits per heavy atom. The molecule has 0 aliphatic rings. The predicted molar refractivity (Wildman–Crippen MR) is 82.2 cm³/mol. The predicted octanol–water partition coefficient (Wildman–Crippen LogP) is 3.56. The summed E-state index contributed by atoms with van der Waals surface area (Å²) >= 11 is 6.05. The van der Waals surface area contributed by atoms with Gasteiger partial charge in [0.25, 0.3) is 0 Å². The summed E-state index contributed by atoms with van der Waals surface area (Å²) in [5.74, 6) is 0.754. The van der Waals surface area contributed by atoms with E-state index in [9.17, 15) is 4.79 Å². The molecule has 0 unspecified atom stereocenters. The Morgan fingerprint density at radius 2 is 2.24 bits per heavy atom. The Bertz CT molecular complexity index is 811. The van der Waals surface area contributed by atoms with Crippen LogP contribution in [0.5, 0.6) is 5.75 Å².